The highest BCUT2D eigenvalue weighted by Gasteiger charge is 2.16. The number of piperidine rings is 1. The van der Waals surface area contributed by atoms with Crippen molar-refractivity contribution in [1.82, 2.24) is 20.3 Å². The number of nitrogens with zero attached hydrogens (tertiary/aromatic N) is 3. The number of rotatable bonds is 2. The maximum atomic E-state index is 11.6. The highest BCUT2D eigenvalue weighted by Crippen LogP contribution is 2.08. The first-order valence-electron chi connectivity index (χ1n) is 5.35. The van der Waals surface area contributed by atoms with Gasteiger partial charge in [0.15, 0.2) is 0 Å². The largest absolute Gasteiger partial charge is 0.350 e. The van der Waals surface area contributed by atoms with E-state index in [1.807, 2.05) is 0 Å². The van der Waals surface area contributed by atoms with E-state index in [0.717, 1.165) is 25.9 Å². The lowest BCUT2D eigenvalue weighted by Crippen LogP contribution is -2.44. The van der Waals surface area contributed by atoms with Crippen molar-refractivity contribution in [2.75, 3.05) is 13.1 Å². The van der Waals surface area contributed by atoms with Gasteiger partial charge in [-0.2, -0.15) is 5.48 Å². The summed E-state index contributed by atoms with van der Waals surface area (Å²) in [6.07, 6.45) is 6.39. The summed E-state index contributed by atoms with van der Waals surface area (Å²) < 4.78 is 0. The molecule has 0 aromatic carbocycles. The van der Waals surface area contributed by atoms with Gasteiger partial charge in [-0.05, 0) is 25.3 Å². The molecule has 6 heteroatoms. The Bertz CT molecular complexity index is 338. The van der Waals surface area contributed by atoms with Gasteiger partial charge in [-0.3, -0.25) is 0 Å². The number of nitrogens with one attached hydrogen (secondary N) is 1. The van der Waals surface area contributed by atoms with Gasteiger partial charge in [0.25, 0.3) is 0 Å². The van der Waals surface area contributed by atoms with Crippen LogP contribution in [0.5, 0.6) is 6.01 Å². The molecule has 0 saturated carbocycles. The van der Waals surface area contributed by atoms with Crippen LogP contribution in [0.3, 0.4) is 0 Å². The highest BCUT2D eigenvalue weighted by atomic mass is 16.7. The monoisotopic (exact) mass is 222 g/mol. The summed E-state index contributed by atoms with van der Waals surface area (Å²) in [6.45, 7) is 1.57. The number of hydrogen-bond donors (Lipinski definition) is 1. The zero-order valence-electron chi connectivity index (χ0n) is 8.93. The molecule has 2 rings (SSSR count). The fourth-order valence-corrected chi connectivity index (χ4v) is 1.59. The number of likely N-dealkylation sites (tertiary alicyclic amines) is 1. The molecule has 0 spiro atoms. The minimum Gasteiger partial charge on any atom is -0.336 e. The average Bonchev–Trinajstić information content (AvgIpc) is 2.38. The van der Waals surface area contributed by atoms with Crippen molar-refractivity contribution in [3.05, 3.63) is 18.5 Å². The zero-order valence-corrected chi connectivity index (χ0v) is 8.93. The van der Waals surface area contributed by atoms with Gasteiger partial charge in [0.1, 0.15) is 0 Å². The third-order valence-electron chi connectivity index (χ3n) is 2.41. The van der Waals surface area contributed by atoms with E-state index < -0.39 is 0 Å². The van der Waals surface area contributed by atoms with Gasteiger partial charge in [-0.25, -0.2) is 14.8 Å². The molecule has 1 aliphatic heterocycles. The number of carbonyl (C=O) groups is 1. The SMILES string of the molecule is O=C(NOc1ncccn1)N1CCCCC1. The molecule has 0 bridgehead atoms. The van der Waals surface area contributed by atoms with E-state index >= 15 is 0 Å². The van der Waals surface area contributed by atoms with E-state index in [4.69, 9.17) is 4.84 Å². The molecule has 6 nitrogen and oxygen atoms in total. The molecule has 16 heavy (non-hydrogen) atoms. The molecule has 1 saturated heterocycles. The van der Waals surface area contributed by atoms with Crippen molar-refractivity contribution in [3.8, 4) is 6.01 Å². The molecule has 1 aromatic heterocycles. The molecule has 86 valence electrons. The van der Waals surface area contributed by atoms with E-state index in [-0.39, 0.29) is 12.0 Å². The van der Waals surface area contributed by atoms with Crippen molar-refractivity contribution >= 4 is 6.03 Å². The van der Waals surface area contributed by atoms with Crippen LogP contribution in [0.25, 0.3) is 0 Å². The minimum absolute atomic E-state index is 0.146. The summed E-state index contributed by atoms with van der Waals surface area (Å²) in [4.78, 5) is 26.0. The second kappa shape index (κ2) is 5.29. The van der Waals surface area contributed by atoms with Crippen molar-refractivity contribution in [3.63, 3.8) is 0 Å². The summed E-state index contributed by atoms with van der Waals surface area (Å²) in [5.41, 5.74) is 2.33. The van der Waals surface area contributed by atoms with E-state index in [9.17, 15) is 4.79 Å². The first-order valence-corrected chi connectivity index (χ1v) is 5.35. The first-order chi connectivity index (χ1) is 7.86. The number of hydroxylamine groups is 1. The van der Waals surface area contributed by atoms with Crippen LogP contribution in [0.2, 0.25) is 0 Å². The molecule has 1 N–H and O–H groups in total. The predicted octanol–water partition coefficient (Wildman–Crippen LogP) is 0.966. The molecule has 0 aliphatic carbocycles. The number of amides is 2. The van der Waals surface area contributed by atoms with Gasteiger partial charge in [0, 0.05) is 25.5 Å². The Morgan fingerprint density at radius 2 is 1.94 bits per heavy atom. The molecular weight excluding hydrogens is 208 g/mol. The van der Waals surface area contributed by atoms with E-state index in [0.29, 0.717) is 0 Å². The lowest BCUT2D eigenvalue weighted by Gasteiger charge is -2.26. The van der Waals surface area contributed by atoms with Gasteiger partial charge in [0.2, 0.25) is 0 Å². The standard InChI is InChI=1S/C10H14N4O2/c15-10(14-7-2-1-3-8-14)13-16-9-11-5-4-6-12-9/h4-6H,1-3,7-8H2,(H,13,15). The molecule has 1 aromatic rings. The van der Waals surface area contributed by atoms with Crippen LogP contribution in [0.4, 0.5) is 4.79 Å². The van der Waals surface area contributed by atoms with Crippen LogP contribution < -0.4 is 10.3 Å². The Hall–Kier alpha value is -1.85. The number of urea groups is 1. The quantitative estimate of drug-likeness (QED) is 0.757. The molecule has 0 atom stereocenters. The Kier molecular flexibility index (Phi) is 3.53. The predicted molar refractivity (Wildman–Crippen MR) is 56.6 cm³/mol. The third kappa shape index (κ3) is 2.82. The maximum Gasteiger partial charge on any atom is 0.350 e. The van der Waals surface area contributed by atoms with Gasteiger partial charge in [-0.15, -0.1) is 0 Å². The lowest BCUT2D eigenvalue weighted by atomic mass is 10.1. The number of hydrogen-bond acceptors (Lipinski definition) is 4. The Balaban J connectivity index is 1.79. The smallest absolute Gasteiger partial charge is 0.336 e. The summed E-state index contributed by atoms with van der Waals surface area (Å²) in [6, 6.07) is 1.60. The summed E-state index contributed by atoms with van der Waals surface area (Å²) in [7, 11) is 0. The van der Waals surface area contributed by atoms with Gasteiger partial charge in [-0.1, -0.05) is 0 Å². The van der Waals surface area contributed by atoms with Crippen LogP contribution >= 0.6 is 0 Å². The fourth-order valence-electron chi connectivity index (χ4n) is 1.59. The number of aromatic nitrogens is 2. The van der Waals surface area contributed by atoms with Crippen LogP contribution in [0.1, 0.15) is 19.3 Å². The van der Waals surface area contributed by atoms with E-state index in [1.54, 1.807) is 23.4 Å². The Morgan fingerprint density at radius 3 is 2.62 bits per heavy atom. The summed E-state index contributed by atoms with van der Waals surface area (Å²) >= 11 is 0. The molecule has 1 aliphatic rings. The van der Waals surface area contributed by atoms with Crippen molar-refractivity contribution in [2.24, 2.45) is 0 Å². The third-order valence-corrected chi connectivity index (χ3v) is 2.41. The van der Waals surface area contributed by atoms with Crippen molar-refractivity contribution in [1.29, 1.82) is 0 Å². The second-order valence-corrected chi connectivity index (χ2v) is 3.59. The molecule has 1 fully saturated rings. The van der Waals surface area contributed by atoms with Crippen LogP contribution in [-0.2, 0) is 0 Å². The normalized spacial score (nSPS) is 15.6. The van der Waals surface area contributed by atoms with E-state index in [1.165, 1.54) is 6.42 Å². The maximum absolute atomic E-state index is 11.6. The Labute approximate surface area is 93.6 Å². The highest BCUT2D eigenvalue weighted by molar-refractivity contribution is 5.73. The lowest BCUT2D eigenvalue weighted by molar-refractivity contribution is 0.129. The fraction of sp³-hybridized carbons (Fsp3) is 0.500. The molecular formula is C10H14N4O2. The Morgan fingerprint density at radius 1 is 1.25 bits per heavy atom. The minimum atomic E-state index is -0.229. The second-order valence-electron chi connectivity index (χ2n) is 3.59. The topological polar surface area (TPSA) is 67.3 Å². The first kappa shape index (κ1) is 10.7. The van der Waals surface area contributed by atoms with Gasteiger partial charge in [0.05, 0.1) is 0 Å². The molecule has 0 unspecified atom stereocenters. The average molecular weight is 222 g/mol. The van der Waals surface area contributed by atoms with Crippen molar-refractivity contribution < 1.29 is 9.63 Å². The van der Waals surface area contributed by atoms with Crippen LogP contribution in [0, 0.1) is 0 Å². The molecule has 0 radical (unpaired) electrons. The van der Waals surface area contributed by atoms with Gasteiger partial charge >= 0.3 is 12.0 Å². The van der Waals surface area contributed by atoms with E-state index in [2.05, 4.69) is 15.4 Å². The van der Waals surface area contributed by atoms with Gasteiger partial charge < -0.3 is 9.74 Å². The molecule has 2 amide bonds. The van der Waals surface area contributed by atoms with Crippen molar-refractivity contribution in [2.45, 2.75) is 19.3 Å². The summed E-state index contributed by atoms with van der Waals surface area (Å²) in [5, 5.41) is 0. The summed E-state index contributed by atoms with van der Waals surface area (Å²) in [5.74, 6) is 0. The zero-order chi connectivity index (χ0) is 11.2. The van der Waals surface area contributed by atoms with Crippen LogP contribution in [0.15, 0.2) is 18.5 Å². The molecule has 2 heterocycles. The van der Waals surface area contributed by atoms with Crippen LogP contribution in [-0.4, -0.2) is 34.0 Å². The number of carbonyl (C=O) groups excluding carboxylic acids is 1.